The molecule has 3 aromatic rings. The molecule has 10 heteroatoms. The number of halogens is 1. The van der Waals surface area contributed by atoms with Gasteiger partial charge in [0.1, 0.15) is 5.82 Å². The van der Waals surface area contributed by atoms with E-state index in [-0.39, 0.29) is 17.1 Å². The zero-order valence-corrected chi connectivity index (χ0v) is 16.9. The Morgan fingerprint density at radius 2 is 2.07 bits per heavy atom. The lowest BCUT2D eigenvalue weighted by atomic mass is 10.00. The van der Waals surface area contributed by atoms with Gasteiger partial charge in [0.2, 0.25) is 5.82 Å². The van der Waals surface area contributed by atoms with Crippen LogP contribution in [0.5, 0.6) is 0 Å². The predicted molar refractivity (Wildman–Crippen MR) is 115 cm³/mol. The number of nitro groups is 1. The highest BCUT2D eigenvalue weighted by Crippen LogP contribution is 2.30. The Labute approximate surface area is 177 Å². The van der Waals surface area contributed by atoms with Crippen LogP contribution in [0.2, 0.25) is 5.02 Å². The van der Waals surface area contributed by atoms with Crippen molar-refractivity contribution < 1.29 is 14.8 Å². The first-order chi connectivity index (χ1) is 14.3. The lowest BCUT2D eigenvalue weighted by Crippen LogP contribution is -2.08. The molecule has 0 radical (unpaired) electrons. The average Bonchev–Trinajstić information content (AvgIpc) is 3.09. The maximum atomic E-state index is 11.7. The number of carbonyl (C=O) groups is 1. The van der Waals surface area contributed by atoms with Crippen molar-refractivity contribution in [1.82, 2.24) is 9.55 Å². The number of carboxylic acid groups (broad SMARTS) is 1. The third kappa shape index (κ3) is 4.69. The highest BCUT2D eigenvalue weighted by molar-refractivity contribution is 6.30. The van der Waals surface area contributed by atoms with Crippen molar-refractivity contribution in [3.05, 3.63) is 69.0 Å². The molecule has 0 spiro atoms. The van der Waals surface area contributed by atoms with Gasteiger partial charge in [-0.3, -0.25) is 10.1 Å². The number of aryl methyl sites for hydroxylation is 2. The molecule has 2 aromatic heterocycles. The summed E-state index contributed by atoms with van der Waals surface area (Å²) in [4.78, 5) is 25.9. The van der Waals surface area contributed by atoms with E-state index in [0.717, 1.165) is 11.1 Å². The summed E-state index contributed by atoms with van der Waals surface area (Å²) in [5, 5.41) is 24.0. The summed E-state index contributed by atoms with van der Waals surface area (Å²) >= 11 is 6.01. The number of nitrogens with two attached hydrogens (primary N) is 1. The Hall–Kier alpha value is -3.59. The highest BCUT2D eigenvalue weighted by Gasteiger charge is 2.17. The summed E-state index contributed by atoms with van der Waals surface area (Å²) in [6, 6.07) is 8.15. The maximum absolute atomic E-state index is 11.7. The smallest absolute Gasteiger partial charge is 0.337 e. The summed E-state index contributed by atoms with van der Waals surface area (Å²) < 4.78 is 1.83. The topological polar surface area (TPSA) is 136 Å². The number of nitrogens with zero attached hydrogens (tertiary/aromatic N) is 3. The average molecular weight is 430 g/mol. The van der Waals surface area contributed by atoms with Crippen molar-refractivity contribution in [3.63, 3.8) is 0 Å². The van der Waals surface area contributed by atoms with Crippen LogP contribution in [0.3, 0.4) is 0 Å². The molecule has 0 saturated heterocycles. The van der Waals surface area contributed by atoms with E-state index >= 15 is 0 Å². The summed E-state index contributed by atoms with van der Waals surface area (Å²) in [6.45, 7) is 2.99. The molecule has 0 bridgehead atoms. The second-order valence-corrected chi connectivity index (χ2v) is 7.16. The number of hydrogen-bond acceptors (Lipinski definition) is 6. The SMILES string of the molecule is Cc1cc(Cl)ccc1-c1cn(CCCNc2ccc([N+](=O)[O-])c(N)n2)cc1C(=O)O. The third-order valence-electron chi connectivity index (χ3n) is 4.59. The van der Waals surface area contributed by atoms with Gasteiger partial charge in [-0.05, 0) is 42.7 Å². The molecule has 0 aliphatic heterocycles. The van der Waals surface area contributed by atoms with Crippen LogP contribution in [0.1, 0.15) is 22.3 Å². The fourth-order valence-electron chi connectivity index (χ4n) is 3.15. The van der Waals surface area contributed by atoms with Crippen molar-refractivity contribution in [2.24, 2.45) is 0 Å². The Morgan fingerprint density at radius 3 is 2.70 bits per heavy atom. The van der Waals surface area contributed by atoms with Gasteiger partial charge in [0.15, 0.2) is 0 Å². The lowest BCUT2D eigenvalue weighted by Gasteiger charge is -2.07. The zero-order chi connectivity index (χ0) is 21.8. The molecule has 30 heavy (non-hydrogen) atoms. The Kier molecular flexibility index (Phi) is 6.22. The van der Waals surface area contributed by atoms with Crippen molar-refractivity contribution in [2.75, 3.05) is 17.6 Å². The van der Waals surface area contributed by atoms with E-state index in [0.29, 0.717) is 35.9 Å². The molecular formula is C20H20ClN5O4. The van der Waals surface area contributed by atoms with Gasteiger partial charge in [-0.25, -0.2) is 9.78 Å². The van der Waals surface area contributed by atoms with Gasteiger partial charge in [-0.1, -0.05) is 17.7 Å². The van der Waals surface area contributed by atoms with Gasteiger partial charge in [-0.15, -0.1) is 0 Å². The zero-order valence-electron chi connectivity index (χ0n) is 16.1. The Bertz CT molecular complexity index is 1110. The van der Waals surface area contributed by atoms with Crippen molar-refractivity contribution in [1.29, 1.82) is 0 Å². The Morgan fingerprint density at radius 1 is 1.30 bits per heavy atom. The molecule has 0 saturated carbocycles. The number of rotatable bonds is 8. The molecule has 9 nitrogen and oxygen atoms in total. The van der Waals surface area contributed by atoms with E-state index in [1.165, 1.54) is 12.1 Å². The van der Waals surface area contributed by atoms with Crippen LogP contribution in [0.4, 0.5) is 17.3 Å². The number of benzene rings is 1. The van der Waals surface area contributed by atoms with Gasteiger partial charge in [-0.2, -0.15) is 0 Å². The van der Waals surface area contributed by atoms with E-state index in [9.17, 15) is 20.0 Å². The van der Waals surface area contributed by atoms with Gasteiger partial charge >= 0.3 is 11.7 Å². The first-order valence-corrected chi connectivity index (χ1v) is 9.48. The van der Waals surface area contributed by atoms with Crippen molar-refractivity contribution in [3.8, 4) is 11.1 Å². The fraction of sp³-hybridized carbons (Fsp3) is 0.200. The number of nitrogens with one attached hydrogen (secondary N) is 1. The summed E-state index contributed by atoms with van der Waals surface area (Å²) in [5.41, 5.74) is 7.91. The van der Waals surface area contributed by atoms with Gasteiger partial charge in [0, 0.05) is 42.1 Å². The predicted octanol–water partition coefficient (Wildman–Crippen LogP) is 4.20. The highest BCUT2D eigenvalue weighted by atomic mass is 35.5. The number of pyridine rings is 1. The number of aromatic carboxylic acids is 1. The number of nitrogen functional groups attached to an aromatic ring is 1. The maximum Gasteiger partial charge on any atom is 0.337 e. The monoisotopic (exact) mass is 429 g/mol. The quantitative estimate of drug-likeness (QED) is 0.277. The number of carboxylic acids is 1. The fourth-order valence-corrected chi connectivity index (χ4v) is 3.38. The minimum Gasteiger partial charge on any atom is -0.478 e. The normalized spacial score (nSPS) is 10.7. The van der Waals surface area contributed by atoms with Crippen molar-refractivity contribution in [2.45, 2.75) is 19.9 Å². The van der Waals surface area contributed by atoms with Crippen LogP contribution in [0.25, 0.3) is 11.1 Å². The molecule has 0 amide bonds. The lowest BCUT2D eigenvalue weighted by molar-refractivity contribution is -0.384. The molecule has 4 N–H and O–H groups in total. The largest absolute Gasteiger partial charge is 0.478 e. The van der Waals surface area contributed by atoms with E-state index < -0.39 is 10.9 Å². The molecule has 3 rings (SSSR count). The first kappa shape index (κ1) is 21.1. The Balaban J connectivity index is 1.67. The first-order valence-electron chi connectivity index (χ1n) is 9.10. The number of anilines is 2. The van der Waals surface area contributed by atoms with Crippen LogP contribution in [-0.4, -0.2) is 32.1 Å². The van der Waals surface area contributed by atoms with Gasteiger partial charge in [0.05, 0.1) is 10.5 Å². The molecule has 0 fully saturated rings. The molecule has 2 heterocycles. The molecule has 0 aliphatic rings. The molecule has 0 unspecified atom stereocenters. The number of aromatic nitrogens is 2. The minimum atomic E-state index is -0.998. The molecular weight excluding hydrogens is 410 g/mol. The van der Waals surface area contributed by atoms with E-state index in [1.807, 2.05) is 23.8 Å². The molecule has 1 aromatic carbocycles. The van der Waals surface area contributed by atoms with E-state index in [2.05, 4.69) is 10.3 Å². The second-order valence-electron chi connectivity index (χ2n) is 6.73. The van der Waals surface area contributed by atoms with Crippen LogP contribution in [-0.2, 0) is 6.54 Å². The summed E-state index contributed by atoms with van der Waals surface area (Å²) in [6.07, 6.45) is 4.08. The summed E-state index contributed by atoms with van der Waals surface area (Å²) in [7, 11) is 0. The van der Waals surface area contributed by atoms with Crippen LogP contribution in [0.15, 0.2) is 42.7 Å². The molecule has 0 aliphatic carbocycles. The second kappa shape index (κ2) is 8.83. The molecule has 156 valence electrons. The third-order valence-corrected chi connectivity index (χ3v) is 4.82. The van der Waals surface area contributed by atoms with Crippen LogP contribution in [0, 0.1) is 17.0 Å². The van der Waals surface area contributed by atoms with Crippen LogP contribution >= 0.6 is 11.6 Å². The van der Waals surface area contributed by atoms with E-state index in [1.54, 1.807) is 18.3 Å². The van der Waals surface area contributed by atoms with Crippen LogP contribution < -0.4 is 11.1 Å². The van der Waals surface area contributed by atoms with Crippen molar-refractivity contribution >= 4 is 34.9 Å². The van der Waals surface area contributed by atoms with E-state index in [4.69, 9.17) is 17.3 Å². The van der Waals surface area contributed by atoms with Gasteiger partial charge in [0.25, 0.3) is 0 Å². The standard InChI is InChI=1S/C20H20ClN5O4/c1-12-9-13(21)3-4-14(12)15-10-25(11-16(15)20(27)28)8-2-7-23-18-6-5-17(26(29)30)19(22)24-18/h3-6,9-11H,2,7-8H2,1H3,(H,27,28)(H3,22,23,24). The minimum absolute atomic E-state index is 0.149. The molecule has 0 atom stereocenters. The number of hydrogen-bond donors (Lipinski definition) is 3. The van der Waals surface area contributed by atoms with Gasteiger partial charge < -0.3 is 20.7 Å². The summed E-state index contributed by atoms with van der Waals surface area (Å²) in [5.74, 6) is -0.708.